The van der Waals surface area contributed by atoms with Crippen molar-refractivity contribution in [2.45, 2.75) is 57.0 Å². The SMILES string of the molecule is Cn1ncc(-c2ccc(-c3ccc(NCC4CC5(C)CCCC(C)(C4)N5)nn3)c(O)c2)cc1=O. The van der Waals surface area contributed by atoms with Gasteiger partial charge in [-0.25, -0.2) is 4.68 Å². The summed E-state index contributed by atoms with van der Waals surface area (Å²) in [6, 6.07) is 10.5. The number of aromatic hydroxyl groups is 1. The van der Waals surface area contributed by atoms with Gasteiger partial charge in [-0.2, -0.15) is 5.10 Å². The number of nitrogens with one attached hydrogen (secondary N) is 2. The summed E-state index contributed by atoms with van der Waals surface area (Å²) in [6.07, 6.45) is 7.74. The zero-order valence-corrected chi connectivity index (χ0v) is 20.0. The lowest BCUT2D eigenvalue weighted by atomic mass is 9.67. The third-order valence-electron chi connectivity index (χ3n) is 7.35. The van der Waals surface area contributed by atoms with Crippen molar-refractivity contribution in [1.29, 1.82) is 0 Å². The first-order chi connectivity index (χ1) is 16.2. The third kappa shape index (κ3) is 4.55. The van der Waals surface area contributed by atoms with Crippen molar-refractivity contribution in [3.05, 3.63) is 52.9 Å². The molecule has 8 nitrogen and oxygen atoms in total. The van der Waals surface area contributed by atoms with Crippen LogP contribution in [0.2, 0.25) is 0 Å². The highest BCUT2D eigenvalue weighted by Crippen LogP contribution is 2.42. The quantitative estimate of drug-likeness (QED) is 0.533. The first-order valence-electron chi connectivity index (χ1n) is 12.0. The van der Waals surface area contributed by atoms with Crippen LogP contribution in [0.4, 0.5) is 5.82 Å². The number of benzene rings is 1. The predicted molar refractivity (Wildman–Crippen MR) is 133 cm³/mol. The van der Waals surface area contributed by atoms with Crippen molar-refractivity contribution < 1.29 is 5.11 Å². The van der Waals surface area contributed by atoms with Crippen LogP contribution in [0.1, 0.15) is 46.0 Å². The molecule has 0 spiro atoms. The standard InChI is InChI=1S/C26H32N6O2/c1-25-9-4-10-26(2,31-25)14-17(13-25)15-27-23-8-7-21(29-30-23)20-6-5-18(11-22(20)33)19-12-24(34)32(3)28-16-19/h5-8,11-12,16-17,31,33H,4,9-10,13-15H2,1-3H3,(H,27,30). The van der Waals surface area contributed by atoms with E-state index in [4.69, 9.17) is 0 Å². The second kappa shape index (κ2) is 8.51. The minimum atomic E-state index is -0.203. The molecule has 0 radical (unpaired) electrons. The maximum atomic E-state index is 11.9. The van der Waals surface area contributed by atoms with Gasteiger partial charge in [0.15, 0.2) is 0 Å². The Balaban J connectivity index is 1.26. The summed E-state index contributed by atoms with van der Waals surface area (Å²) >= 11 is 0. The zero-order chi connectivity index (χ0) is 23.9. The molecule has 2 aliphatic rings. The third-order valence-corrected chi connectivity index (χ3v) is 7.35. The van der Waals surface area contributed by atoms with Gasteiger partial charge in [-0.05, 0) is 81.7 Å². The number of nitrogens with zero attached hydrogens (tertiary/aromatic N) is 4. The molecule has 3 N–H and O–H groups in total. The van der Waals surface area contributed by atoms with E-state index in [9.17, 15) is 9.90 Å². The highest BCUT2D eigenvalue weighted by Gasteiger charge is 2.45. The molecule has 2 saturated heterocycles. The molecule has 0 amide bonds. The van der Waals surface area contributed by atoms with Gasteiger partial charge in [0.2, 0.25) is 0 Å². The van der Waals surface area contributed by atoms with E-state index in [0.29, 0.717) is 28.3 Å². The molecule has 8 heteroatoms. The molecule has 3 aromatic rings. The first kappa shape index (κ1) is 22.5. The van der Waals surface area contributed by atoms with Gasteiger partial charge < -0.3 is 15.7 Å². The molecule has 4 heterocycles. The van der Waals surface area contributed by atoms with Gasteiger partial charge in [-0.3, -0.25) is 4.79 Å². The first-order valence-corrected chi connectivity index (χ1v) is 12.0. The van der Waals surface area contributed by atoms with Crippen LogP contribution in [0.25, 0.3) is 22.4 Å². The molecule has 0 saturated carbocycles. The van der Waals surface area contributed by atoms with Gasteiger partial charge >= 0.3 is 0 Å². The predicted octanol–water partition coefficient (Wildman–Crippen LogP) is 3.72. The molecular weight excluding hydrogens is 428 g/mol. The topological polar surface area (TPSA) is 105 Å². The average molecular weight is 461 g/mol. The van der Waals surface area contributed by atoms with Crippen molar-refractivity contribution in [3.63, 3.8) is 0 Å². The van der Waals surface area contributed by atoms with E-state index >= 15 is 0 Å². The minimum Gasteiger partial charge on any atom is -0.507 e. The highest BCUT2D eigenvalue weighted by molar-refractivity contribution is 5.74. The Morgan fingerprint density at radius 3 is 2.50 bits per heavy atom. The van der Waals surface area contributed by atoms with Crippen LogP contribution in [0.3, 0.4) is 0 Å². The smallest absolute Gasteiger partial charge is 0.267 e. The number of anilines is 1. The van der Waals surface area contributed by atoms with Gasteiger partial charge in [0.05, 0.1) is 11.9 Å². The van der Waals surface area contributed by atoms with Gasteiger partial charge in [-0.15, -0.1) is 10.2 Å². The summed E-state index contributed by atoms with van der Waals surface area (Å²) < 4.78 is 1.26. The monoisotopic (exact) mass is 460 g/mol. The molecule has 0 aliphatic carbocycles. The van der Waals surface area contributed by atoms with Crippen molar-refractivity contribution in [1.82, 2.24) is 25.3 Å². The molecule has 178 valence electrons. The number of rotatable bonds is 5. The molecule has 2 bridgehead atoms. The number of phenolic OH excluding ortho intramolecular Hbond substituents is 1. The maximum Gasteiger partial charge on any atom is 0.267 e. The summed E-state index contributed by atoms with van der Waals surface area (Å²) in [6.45, 7) is 5.60. The molecule has 2 fully saturated rings. The summed E-state index contributed by atoms with van der Waals surface area (Å²) in [4.78, 5) is 11.9. The Morgan fingerprint density at radius 2 is 1.85 bits per heavy atom. The van der Waals surface area contributed by atoms with Gasteiger partial charge in [-0.1, -0.05) is 6.07 Å². The van der Waals surface area contributed by atoms with E-state index in [1.807, 2.05) is 18.2 Å². The molecule has 1 aromatic carbocycles. The van der Waals surface area contributed by atoms with E-state index in [0.717, 1.165) is 12.4 Å². The van der Waals surface area contributed by atoms with Gasteiger partial charge in [0.25, 0.3) is 5.56 Å². The lowest BCUT2D eigenvalue weighted by Crippen LogP contribution is -2.63. The number of aryl methyl sites for hydroxylation is 1. The number of fused-ring (bicyclic) bond motifs is 2. The average Bonchev–Trinajstić information content (AvgIpc) is 2.78. The van der Waals surface area contributed by atoms with Crippen LogP contribution >= 0.6 is 0 Å². The number of hydrogen-bond donors (Lipinski definition) is 3. The van der Waals surface area contributed by atoms with Crippen molar-refractivity contribution in [2.75, 3.05) is 11.9 Å². The van der Waals surface area contributed by atoms with Crippen molar-refractivity contribution in [3.8, 4) is 28.1 Å². The van der Waals surface area contributed by atoms with Crippen molar-refractivity contribution >= 4 is 5.82 Å². The van der Waals surface area contributed by atoms with Crippen LogP contribution in [-0.4, -0.2) is 42.7 Å². The molecule has 34 heavy (non-hydrogen) atoms. The van der Waals surface area contributed by atoms with E-state index in [1.165, 1.54) is 42.9 Å². The van der Waals surface area contributed by atoms with Crippen LogP contribution in [0, 0.1) is 5.92 Å². The number of aromatic nitrogens is 4. The minimum absolute atomic E-state index is 0.0796. The molecule has 5 rings (SSSR count). The molecule has 2 aliphatic heterocycles. The summed E-state index contributed by atoms with van der Waals surface area (Å²) in [5.41, 5.74) is 2.82. The Kier molecular flexibility index (Phi) is 5.64. The molecular formula is C26H32N6O2. The Labute approximate surface area is 199 Å². The molecule has 2 unspecified atom stereocenters. The van der Waals surface area contributed by atoms with Crippen LogP contribution in [-0.2, 0) is 7.05 Å². The van der Waals surface area contributed by atoms with Gasteiger partial charge in [0, 0.05) is 41.9 Å². The highest BCUT2D eigenvalue weighted by atomic mass is 16.3. The summed E-state index contributed by atoms with van der Waals surface area (Å²) in [5, 5.41) is 30.7. The Morgan fingerprint density at radius 1 is 1.09 bits per heavy atom. The van der Waals surface area contributed by atoms with Crippen LogP contribution < -0.4 is 16.2 Å². The second-order valence-electron chi connectivity index (χ2n) is 10.5. The fourth-order valence-corrected chi connectivity index (χ4v) is 5.89. The lowest BCUT2D eigenvalue weighted by Gasteiger charge is -2.53. The van der Waals surface area contributed by atoms with Gasteiger partial charge in [0.1, 0.15) is 11.6 Å². The largest absolute Gasteiger partial charge is 0.507 e. The number of hydrogen-bond acceptors (Lipinski definition) is 7. The number of piperidine rings is 2. The second-order valence-corrected chi connectivity index (χ2v) is 10.5. The Bertz CT molecular complexity index is 1240. The summed E-state index contributed by atoms with van der Waals surface area (Å²) in [7, 11) is 1.60. The fraction of sp³-hybridized carbons (Fsp3) is 0.462. The zero-order valence-electron chi connectivity index (χ0n) is 20.0. The maximum absolute atomic E-state index is 11.9. The van der Waals surface area contributed by atoms with Crippen LogP contribution in [0.15, 0.2) is 47.4 Å². The van der Waals surface area contributed by atoms with Crippen molar-refractivity contribution in [2.24, 2.45) is 13.0 Å². The molecule has 2 atom stereocenters. The lowest BCUT2D eigenvalue weighted by molar-refractivity contribution is 0.0589. The van der Waals surface area contributed by atoms with E-state index in [1.54, 1.807) is 25.4 Å². The Hall–Kier alpha value is -3.26. The van der Waals surface area contributed by atoms with E-state index in [2.05, 4.69) is 39.8 Å². The van der Waals surface area contributed by atoms with E-state index in [-0.39, 0.29) is 22.4 Å². The van der Waals surface area contributed by atoms with E-state index < -0.39 is 0 Å². The number of phenols is 1. The van der Waals surface area contributed by atoms with Crippen LogP contribution in [0.5, 0.6) is 5.75 Å². The fourth-order valence-electron chi connectivity index (χ4n) is 5.89. The normalized spacial score (nSPS) is 26.3. The molecule has 2 aromatic heterocycles. The summed E-state index contributed by atoms with van der Waals surface area (Å²) in [5.74, 6) is 1.42.